The molecule has 100 valence electrons. The Morgan fingerprint density at radius 3 is 2.50 bits per heavy atom. The molecule has 0 aliphatic heterocycles. The second kappa shape index (κ2) is 5.21. The summed E-state index contributed by atoms with van der Waals surface area (Å²) < 4.78 is 10.5. The maximum atomic E-state index is 10.7. The molecule has 0 saturated carbocycles. The van der Waals surface area contributed by atoms with E-state index in [1.807, 2.05) is 24.3 Å². The molecule has 0 amide bonds. The number of methoxy groups -OCH3 is 1. The molecule has 0 N–H and O–H groups in total. The Kier molecular flexibility index (Phi) is 3.25. The van der Waals surface area contributed by atoms with Crippen LogP contribution in [0.4, 0.5) is 0 Å². The van der Waals surface area contributed by atoms with Crippen LogP contribution in [0, 0.1) is 0 Å². The molecule has 0 spiro atoms. The van der Waals surface area contributed by atoms with Crippen molar-refractivity contribution in [3.8, 4) is 5.75 Å². The first-order valence-corrected chi connectivity index (χ1v) is 6.39. The van der Waals surface area contributed by atoms with Gasteiger partial charge in [-0.15, -0.1) is 0 Å². The number of furan rings is 1. The summed E-state index contributed by atoms with van der Waals surface area (Å²) in [7, 11) is 1.66. The van der Waals surface area contributed by atoms with Gasteiger partial charge in [0.15, 0.2) is 12.0 Å². The standard InChI is InChI=1S/C17H14O3/c1-19-15-5-2-12(3-6-15)8-13-4-7-17-14(9-13)10-16(11-18)20-17/h2-7,9-11H,8H2,1H3. The summed E-state index contributed by atoms with van der Waals surface area (Å²) in [4.78, 5) is 10.7. The summed E-state index contributed by atoms with van der Waals surface area (Å²) >= 11 is 0. The van der Waals surface area contributed by atoms with Gasteiger partial charge in [-0.2, -0.15) is 0 Å². The predicted octanol–water partition coefficient (Wildman–Crippen LogP) is 3.84. The van der Waals surface area contributed by atoms with Gasteiger partial charge in [0.1, 0.15) is 11.3 Å². The van der Waals surface area contributed by atoms with Crippen molar-refractivity contribution in [1.82, 2.24) is 0 Å². The molecule has 0 atom stereocenters. The van der Waals surface area contributed by atoms with Crippen LogP contribution in [0.25, 0.3) is 11.0 Å². The maximum absolute atomic E-state index is 10.7. The number of hydrogen-bond donors (Lipinski definition) is 0. The SMILES string of the molecule is COc1ccc(Cc2ccc3oc(C=O)cc3c2)cc1. The van der Waals surface area contributed by atoms with Crippen molar-refractivity contribution in [2.45, 2.75) is 6.42 Å². The first-order chi connectivity index (χ1) is 9.78. The van der Waals surface area contributed by atoms with E-state index in [2.05, 4.69) is 18.2 Å². The molecule has 0 aliphatic rings. The van der Waals surface area contributed by atoms with Crippen molar-refractivity contribution in [3.05, 3.63) is 65.4 Å². The quantitative estimate of drug-likeness (QED) is 0.673. The molecule has 0 saturated heterocycles. The summed E-state index contributed by atoms with van der Waals surface area (Å²) in [5.74, 6) is 1.22. The Hall–Kier alpha value is -2.55. The van der Waals surface area contributed by atoms with Gasteiger partial charge in [0, 0.05) is 5.39 Å². The van der Waals surface area contributed by atoms with E-state index in [0.717, 1.165) is 29.4 Å². The topological polar surface area (TPSA) is 39.4 Å². The molecule has 0 radical (unpaired) electrons. The summed E-state index contributed by atoms with van der Waals surface area (Å²) in [5, 5.41) is 0.957. The lowest BCUT2D eigenvalue weighted by Gasteiger charge is -2.04. The zero-order valence-corrected chi connectivity index (χ0v) is 11.1. The van der Waals surface area contributed by atoms with Gasteiger partial charge < -0.3 is 9.15 Å². The number of carbonyl (C=O) groups excluding carboxylic acids is 1. The number of carbonyl (C=O) groups is 1. The summed E-state index contributed by atoms with van der Waals surface area (Å²) in [5.41, 5.74) is 3.13. The molecule has 20 heavy (non-hydrogen) atoms. The van der Waals surface area contributed by atoms with Gasteiger partial charge in [0.05, 0.1) is 7.11 Å². The van der Waals surface area contributed by atoms with Crippen LogP contribution in [0.3, 0.4) is 0 Å². The average Bonchev–Trinajstić information content (AvgIpc) is 2.90. The fourth-order valence-electron chi connectivity index (χ4n) is 2.26. The molecule has 2 aromatic carbocycles. The Morgan fingerprint density at radius 2 is 1.80 bits per heavy atom. The maximum Gasteiger partial charge on any atom is 0.185 e. The molecular weight excluding hydrogens is 252 g/mol. The van der Waals surface area contributed by atoms with Crippen molar-refractivity contribution < 1.29 is 13.9 Å². The molecule has 1 heterocycles. The summed E-state index contributed by atoms with van der Waals surface area (Å²) in [6.45, 7) is 0. The number of benzene rings is 2. The molecule has 3 aromatic rings. The molecular formula is C17H14O3. The molecule has 1 aromatic heterocycles. The lowest BCUT2D eigenvalue weighted by atomic mass is 10.0. The van der Waals surface area contributed by atoms with Crippen molar-refractivity contribution in [3.63, 3.8) is 0 Å². The highest BCUT2D eigenvalue weighted by Gasteiger charge is 2.04. The number of hydrogen-bond acceptors (Lipinski definition) is 3. The van der Waals surface area contributed by atoms with Gasteiger partial charge in [-0.05, 0) is 47.9 Å². The molecule has 0 unspecified atom stereocenters. The second-order valence-corrected chi connectivity index (χ2v) is 4.66. The molecule has 0 fully saturated rings. The first kappa shape index (κ1) is 12.5. The third kappa shape index (κ3) is 2.43. The highest BCUT2D eigenvalue weighted by molar-refractivity contribution is 5.85. The van der Waals surface area contributed by atoms with Gasteiger partial charge in [-0.3, -0.25) is 4.79 Å². The van der Waals surface area contributed by atoms with Crippen LogP contribution in [-0.2, 0) is 6.42 Å². The van der Waals surface area contributed by atoms with E-state index in [0.29, 0.717) is 5.76 Å². The van der Waals surface area contributed by atoms with E-state index in [1.165, 1.54) is 11.1 Å². The van der Waals surface area contributed by atoms with Gasteiger partial charge in [0.2, 0.25) is 0 Å². The minimum absolute atomic E-state index is 0.363. The van der Waals surface area contributed by atoms with E-state index >= 15 is 0 Å². The molecule has 0 bridgehead atoms. The van der Waals surface area contributed by atoms with E-state index < -0.39 is 0 Å². The van der Waals surface area contributed by atoms with Crippen molar-refractivity contribution in [1.29, 1.82) is 0 Å². The van der Waals surface area contributed by atoms with Crippen LogP contribution in [0.5, 0.6) is 5.75 Å². The smallest absolute Gasteiger partial charge is 0.185 e. The van der Waals surface area contributed by atoms with E-state index in [1.54, 1.807) is 13.2 Å². The van der Waals surface area contributed by atoms with Crippen LogP contribution in [-0.4, -0.2) is 13.4 Å². The first-order valence-electron chi connectivity index (χ1n) is 6.39. The lowest BCUT2D eigenvalue weighted by molar-refractivity contribution is 0.110. The van der Waals surface area contributed by atoms with Crippen LogP contribution in [0.2, 0.25) is 0 Å². The largest absolute Gasteiger partial charge is 0.497 e. The molecule has 3 heteroatoms. The monoisotopic (exact) mass is 266 g/mol. The lowest BCUT2D eigenvalue weighted by Crippen LogP contribution is -1.88. The number of rotatable bonds is 4. The zero-order chi connectivity index (χ0) is 13.9. The molecule has 0 aliphatic carbocycles. The van der Waals surface area contributed by atoms with Gasteiger partial charge in [-0.25, -0.2) is 0 Å². The summed E-state index contributed by atoms with van der Waals surface area (Å²) in [6, 6.07) is 15.7. The van der Waals surface area contributed by atoms with Gasteiger partial charge >= 0.3 is 0 Å². The Morgan fingerprint density at radius 1 is 1.05 bits per heavy atom. The van der Waals surface area contributed by atoms with Gasteiger partial charge in [0.25, 0.3) is 0 Å². The number of ether oxygens (including phenoxy) is 1. The van der Waals surface area contributed by atoms with Crippen LogP contribution in [0.15, 0.2) is 52.9 Å². The third-order valence-corrected chi connectivity index (χ3v) is 3.28. The fourth-order valence-corrected chi connectivity index (χ4v) is 2.26. The van der Waals surface area contributed by atoms with E-state index in [9.17, 15) is 4.79 Å². The predicted molar refractivity (Wildman–Crippen MR) is 77.4 cm³/mol. The van der Waals surface area contributed by atoms with Crippen molar-refractivity contribution in [2.24, 2.45) is 0 Å². The van der Waals surface area contributed by atoms with Crippen molar-refractivity contribution >= 4 is 17.3 Å². The minimum Gasteiger partial charge on any atom is -0.497 e. The normalized spacial score (nSPS) is 10.7. The van der Waals surface area contributed by atoms with Crippen molar-refractivity contribution in [2.75, 3.05) is 7.11 Å². The number of fused-ring (bicyclic) bond motifs is 1. The fraction of sp³-hybridized carbons (Fsp3) is 0.118. The highest BCUT2D eigenvalue weighted by atomic mass is 16.5. The molecule has 3 rings (SSSR count). The Balaban J connectivity index is 1.87. The van der Waals surface area contributed by atoms with Crippen LogP contribution in [0.1, 0.15) is 21.7 Å². The highest BCUT2D eigenvalue weighted by Crippen LogP contribution is 2.22. The second-order valence-electron chi connectivity index (χ2n) is 4.66. The van der Waals surface area contributed by atoms with E-state index in [4.69, 9.17) is 9.15 Å². The zero-order valence-electron chi connectivity index (χ0n) is 11.1. The third-order valence-electron chi connectivity index (χ3n) is 3.28. The van der Waals surface area contributed by atoms with E-state index in [-0.39, 0.29) is 0 Å². The van der Waals surface area contributed by atoms with Crippen LogP contribution >= 0.6 is 0 Å². The Bertz CT molecular complexity index is 739. The minimum atomic E-state index is 0.363. The van der Waals surface area contributed by atoms with Crippen LogP contribution < -0.4 is 4.74 Å². The summed E-state index contributed by atoms with van der Waals surface area (Å²) in [6.07, 6.45) is 1.56. The number of aldehydes is 1. The Labute approximate surface area is 116 Å². The van der Waals surface area contributed by atoms with Gasteiger partial charge in [-0.1, -0.05) is 18.2 Å². The average molecular weight is 266 g/mol. The molecule has 3 nitrogen and oxygen atoms in total.